The summed E-state index contributed by atoms with van der Waals surface area (Å²) in [6.07, 6.45) is -0.882. The minimum atomic E-state index is -1.19. The number of ether oxygens (including phenoxy) is 3. The molecule has 0 spiro atoms. The van der Waals surface area contributed by atoms with Crippen molar-refractivity contribution < 1.29 is 19.3 Å². The van der Waals surface area contributed by atoms with Crippen LogP contribution in [0.3, 0.4) is 0 Å². The Morgan fingerprint density at radius 2 is 1.56 bits per heavy atom. The van der Waals surface area contributed by atoms with Gasteiger partial charge in [-0.05, 0) is 31.0 Å². The Kier molecular flexibility index (Phi) is 6.99. The van der Waals surface area contributed by atoms with Crippen LogP contribution in [0.15, 0.2) is 60.7 Å². The zero-order chi connectivity index (χ0) is 19.1. The normalized spacial score (nSPS) is 28.2. The third-order valence-corrected chi connectivity index (χ3v) is 5.17. The molecule has 0 radical (unpaired) electrons. The highest BCUT2D eigenvalue weighted by atomic mass is 16.6. The molecule has 27 heavy (non-hydrogen) atoms. The minimum absolute atomic E-state index is 0.348. The van der Waals surface area contributed by atoms with E-state index in [1.807, 2.05) is 67.6 Å². The lowest BCUT2D eigenvalue weighted by atomic mass is 9.82. The maximum atomic E-state index is 11.3. The fraction of sp³-hybridized carbons (Fsp3) is 0.455. The van der Waals surface area contributed by atoms with Crippen LogP contribution < -0.4 is 5.73 Å². The Balaban J connectivity index is 1.74. The summed E-state index contributed by atoms with van der Waals surface area (Å²) in [4.78, 5) is 0. The van der Waals surface area contributed by atoms with Crippen LogP contribution in [0.2, 0.25) is 0 Å². The van der Waals surface area contributed by atoms with Crippen molar-refractivity contribution in [3.05, 3.63) is 71.8 Å². The van der Waals surface area contributed by atoms with E-state index in [2.05, 4.69) is 0 Å². The second kappa shape index (κ2) is 9.44. The third kappa shape index (κ3) is 4.94. The van der Waals surface area contributed by atoms with Gasteiger partial charge in [0.05, 0.1) is 25.9 Å². The highest BCUT2D eigenvalue weighted by Gasteiger charge is 2.51. The van der Waals surface area contributed by atoms with Crippen molar-refractivity contribution in [1.29, 1.82) is 0 Å². The molecule has 2 aromatic rings. The van der Waals surface area contributed by atoms with E-state index in [4.69, 9.17) is 19.9 Å². The van der Waals surface area contributed by atoms with Crippen LogP contribution in [0.5, 0.6) is 0 Å². The summed E-state index contributed by atoms with van der Waals surface area (Å²) in [5, 5.41) is 11.3. The Bertz CT molecular complexity index is 681. The smallest absolute Gasteiger partial charge is 0.120 e. The number of aliphatic hydroxyl groups is 1. The molecule has 1 heterocycles. The Hall–Kier alpha value is -1.76. The molecule has 5 nitrogen and oxygen atoms in total. The topological polar surface area (TPSA) is 73.9 Å². The average Bonchev–Trinajstić information content (AvgIpc) is 2.70. The van der Waals surface area contributed by atoms with Crippen LogP contribution in [0.1, 0.15) is 24.5 Å². The molecule has 0 bridgehead atoms. The van der Waals surface area contributed by atoms with E-state index in [0.29, 0.717) is 32.8 Å². The lowest BCUT2D eigenvalue weighted by molar-refractivity contribution is -0.266. The molecule has 0 aliphatic carbocycles. The Morgan fingerprint density at radius 1 is 1.00 bits per heavy atom. The highest BCUT2D eigenvalue weighted by molar-refractivity contribution is 5.15. The van der Waals surface area contributed by atoms with Crippen molar-refractivity contribution >= 4 is 0 Å². The van der Waals surface area contributed by atoms with E-state index >= 15 is 0 Å². The summed E-state index contributed by atoms with van der Waals surface area (Å²) in [7, 11) is 0. The minimum Gasteiger partial charge on any atom is -0.384 e. The molecule has 146 valence electrons. The zero-order valence-electron chi connectivity index (χ0n) is 15.8. The SMILES string of the molecule is CC1OCC(OCc2ccccc2)[C@@H](OCc2ccccc2)[C@@]1(O)CCN. The molecular formula is C22H29NO4. The maximum Gasteiger partial charge on any atom is 0.120 e. The first-order valence-corrected chi connectivity index (χ1v) is 9.48. The summed E-state index contributed by atoms with van der Waals surface area (Å²) < 4.78 is 18.1. The Labute approximate surface area is 161 Å². The molecule has 1 saturated heterocycles. The number of benzene rings is 2. The van der Waals surface area contributed by atoms with Gasteiger partial charge in [0.15, 0.2) is 0 Å². The maximum absolute atomic E-state index is 11.3. The van der Waals surface area contributed by atoms with Crippen LogP contribution in [-0.4, -0.2) is 42.2 Å². The van der Waals surface area contributed by atoms with Gasteiger partial charge in [-0.1, -0.05) is 60.7 Å². The molecule has 5 heteroatoms. The summed E-state index contributed by atoms with van der Waals surface area (Å²) in [5.74, 6) is 0. The molecule has 0 amide bonds. The van der Waals surface area contributed by atoms with Gasteiger partial charge in [0.1, 0.15) is 17.8 Å². The van der Waals surface area contributed by atoms with E-state index in [0.717, 1.165) is 11.1 Å². The number of hydrogen-bond donors (Lipinski definition) is 2. The molecular weight excluding hydrogens is 342 g/mol. The molecule has 2 unspecified atom stereocenters. The van der Waals surface area contributed by atoms with Gasteiger partial charge in [0, 0.05) is 0 Å². The summed E-state index contributed by atoms with van der Waals surface area (Å²) >= 11 is 0. The van der Waals surface area contributed by atoms with Crippen LogP contribution in [-0.2, 0) is 27.4 Å². The number of rotatable bonds is 8. The van der Waals surface area contributed by atoms with Gasteiger partial charge >= 0.3 is 0 Å². The highest BCUT2D eigenvalue weighted by Crippen LogP contribution is 2.33. The van der Waals surface area contributed by atoms with Crippen molar-refractivity contribution in [2.45, 2.75) is 50.5 Å². The fourth-order valence-electron chi connectivity index (χ4n) is 3.53. The van der Waals surface area contributed by atoms with Crippen molar-refractivity contribution in [1.82, 2.24) is 0 Å². The second-order valence-corrected chi connectivity index (χ2v) is 7.06. The van der Waals surface area contributed by atoms with Gasteiger partial charge in [-0.25, -0.2) is 0 Å². The molecule has 1 aliphatic heterocycles. The van der Waals surface area contributed by atoms with Crippen molar-refractivity contribution in [2.75, 3.05) is 13.2 Å². The first-order valence-electron chi connectivity index (χ1n) is 9.48. The first-order chi connectivity index (χ1) is 13.1. The fourth-order valence-corrected chi connectivity index (χ4v) is 3.53. The van der Waals surface area contributed by atoms with Gasteiger partial charge < -0.3 is 25.1 Å². The molecule has 3 N–H and O–H groups in total. The van der Waals surface area contributed by atoms with Crippen molar-refractivity contribution in [2.24, 2.45) is 5.73 Å². The van der Waals surface area contributed by atoms with E-state index < -0.39 is 11.7 Å². The van der Waals surface area contributed by atoms with Gasteiger partial charge in [0.25, 0.3) is 0 Å². The van der Waals surface area contributed by atoms with Crippen LogP contribution >= 0.6 is 0 Å². The quantitative estimate of drug-likeness (QED) is 0.746. The molecule has 0 saturated carbocycles. The van der Waals surface area contributed by atoms with Crippen LogP contribution in [0, 0.1) is 0 Å². The van der Waals surface area contributed by atoms with Gasteiger partial charge in [-0.15, -0.1) is 0 Å². The van der Waals surface area contributed by atoms with E-state index in [1.165, 1.54) is 0 Å². The number of hydrogen-bond acceptors (Lipinski definition) is 5. The lowest BCUT2D eigenvalue weighted by Gasteiger charge is -2.47. The summed E-state index contributed by atoms with van der Waals surface area (Å²) in [6.45, 7) is 3.42. The van der Waals surface area contributed by atoms with Crippen LogP contribution in [0.4, 0.5) is 0 Å². The Morgan fingerprint density at radius 3 is 2.11 bits per heavy atom. The molecule has 0 aromatic heterocycles. The van der Waals surface area contributed by atoms with Gasteiger partial charge in [-0.3, -0.25) is 0 Å². The van der Waals surface area contributed by atoms with Crippen molar-refractivity contribution in [3.8, 4) is 0 Å². The monoisotopic (exact) mass is 371 g/mol. The predicted octanol–water partition coefficient (Wildman–Crippen LogP) is 2.66. The van der Waals surface area contributed by atoms with E-state index in [-0.39, 0.29) is 12.2 Å². The molecule has 4 atom stereocenters. The first kappa shape index (κ1) is 20.0. The zero-order valence-corrected chi connectivity index (χ0v) is 15.8. The predicted molar refractivity (Wildman–Crippen MR) is 104 cm³/mol. The van der Waals surface area contributed by atoms with Gasteiger partial charge in [0.2, 0.25) is 0 Å². The third-order valence-electron chi connectivity index (χ3n) is 5.17. The van der Waals surface area contributed by atoms with Crippen LogP contribution in [0.25, 0.3) is 0 Å². The van der Waals surface area contributed by atoms with Gasteiger partial charge in [-0.2, -0.15) is 0 Å². The standard InChI is InChI=1S/C22H29NO4/c1-17-22(24,12-13-23)21(27-15-19-10-6-3-7-11-19)20(16-25-17)26-14-18-8-4-2-5-9-18/h2-11,17,20-21,24H,12-16,23H2,1H3/t17?,20?,21-,22-/m1/s1. The number of nitrogens with two attached hydrogens (primary N) is 1. The van der Waals surface area contributed by atoms with E-state index in [1.54, 1.807) is 0 Å². The molecule has 2 aromatic carbocycles. The summed E-state index contributed by atoms with van der Waals surface area (Å²) in [6, 6.07) is 19.9. The molecule has 1 aliphatic rings. The second-order valence-electron chi connectivity index (χ2n) is 7.06. The lowest BCUT2D eigenvalue weighted by Crippen LogP contribution is -2.64. The molecule has 1 fully saturated rings. The molecule has 3 rings (SSSR count). The largest absolute Gasteiger partial charge is 0.384 e. The van der Waals surface area contributed by atoms with Crippen molar-refractivity contribution in [3.63, 3.8) is 0 Å². The summed E-state index contributed by atoms with van der Waals surface area (Å²) in [5.41, 5.74) is 6.70. The van der Waals surface area contributed by atoms with E-state index in [9.17, 15) is 5.11 Å². The average molecular weight is 371 g/mol.